The van der Waals surface area contributed by atoms with E-state index < -0.39 is 0 Å². The van der Waals surface area contributed by atoms with Crippen LogP contribution in [-0.4, -0.2) is 21.6 Å². The van der Waals surface area contributed by atoms with Crippen molar-refractivity contribution in [1.29, 1.82) is 0 Å². The third-order valence-electron chi connectivity index (χ3n) is 4.67. The molecule has 0 bridgehead atoms. The molecule has 0 atom stereocenters. The maximum Gasteiger partial charge on any atom is 0.230 e. The Morgan fingerprint density at radius 2 is 2.00 bits per heavy atom. The van der Waals surface area contributed by atoms with Gasteiger partial charge in [-0.2, -0.15) is 0 Å². The topological polar surface area (TPSA) is 54.9 Å². The van der Waals surface area contributed by atoms with Crippen molar-refractivity contribution in [2.45, 2.75) is 44.2 Å². The van der Waals surface area contributed by atoms with E-state index in [0.717, 1.165) is 28.3 Å². The van der Waals surface area contributed by atoms with Gasteiger partial charge in [0, 0.05) is 16.8 Å². The van der Waals surface area contributed by atoms with Crippen LogP contribution in [0.3, 0.4) is 0 Å². The van der Waals surface area contributed by atoms with E-state index in [9.17, 15) is 4.79 Å². The van der Waals surface area contributed by atoms with Gasteiger partial charge in [-0.1, -0.05) is 41.6 Å². The number of carbonyl (C=O) groups is 1. The smallest absolute Gasteiger partial charge is 0.230 e. The number of thioether (sulfide) groups is 1. The number of rotatable bonds is 5. The summed E-state index contributed by atoms with van der Waals surface area (Å²) in [4.78, 5) is 23.7. The van der Waals surface area contributed by atoms with Gasteiger partial charge >= 0.3 is 0 Å². The molecule has 3 aromatic rings. The molecule has 2 aromatic heterocycles. The lowest BCUT2D eigenvalue weighted by Gasteiger charge is -2.11. The Morgan fingerprint density at radius 1 is 1.19 bits per heavy atom. The Balaban J connectivity index is 1.42. The number of amides is 1. The van der Waals surface area contributed by atoms with Crippen LogP contribution in [0, 0.1) is 6.92 Å². The molecule has 2 heterocycles. The molecule has 1 amide bonds. The van der Waals surface area contributed by atoms with E-state index in [4.69, 9.17) is 0 Å². The van der Waals surface area contributed by atoms with Crippen molar-refractivity contribution >= 4 is 39.2 Å². The molecule has 1 aliphatic carbocycles. The first-order valence-electron chi connectivity index (χ1n) is 8.91. The van der Waals surface area contributed by atoms with Gasteiger partial charge in [0.25, 0.3) is 0 Å². The minimum atomic E-state index is 0.0337. The molecular weight excluding hydrogens is 362 g/mol. The van der Waals surface area contributed by atoms with Crippen molar-refractivity contribution in [3.8, 4) is 0 Å². The fraction of sp³-hybridized carbons (Fsp3) is 0.350. The highest BCUT2D eigenvalue weighted by Crippen LogP contribution is 2.39. The summed E-state index contributed by atoms with van der Waals surface area (Å²) in [5.74, 6) is 0.411. The first-order valence-corrected chi connectivity index (χ1v) is 10.7. The lowest BCUT2D eigenvalue weighted by molar-refractivity contribution is -0.118. The number of hydrogen-bond donors (Lipinski definition) is 1. The lowest BCUT2D eigenvalue weighted by Crippen LogP contribution is -2.24. The average molecular weight is 384 g/mol. The number of aryl methyl sites for hydroxylation is 3. The highest BCUT2D eigenvalue weighted by Gasteiger charge is 2.20. The van der Waals surface area contributed by atoms with E-state index in [1.807, 2.05) is 12.1 Å². The summed E-state index contributed by atoms with van der Waals surface area (Å²) in [6.45, 7) is 2.62. The molecule has 26 heavy (non-hydrogen) atoms. The fourth-order valence-corrected chi connectivity index (χ4v) is 5.41. The molecular formula is C20H21N3OS2. The first kappa shape index (κ1) is 17.5. The van der Waals surface area contributed by atoms with Crippen molar-refractivity contribution in [3.63, 3.8) is 0 Å². The van der Waals surface area contributed by atoms with Gasteiger partial charge in [0.05, 0.1) is 5.75 Å². The Kier molecular flexibility index (Phi) is 5.22. The van der Waals surface area contributed by atoms with Crippen LogP contribution in [0.15, 0.2) is 35.6 Å². The molecule has 0 radical (unpaired) electrons. The Bertz CT molecular complexity index is 934. The summed E-state index contributed by atoms with van der Waals surface area (Å²) in [5.41, 5.74) is 3.76. The normalized spacial score (nSPS) is 13.6. The van der Waals surface area contributed by atoms with Gasteiger partial charge in [-0.05, 0) is 43.7 Å². The number of nitrogens with zero attached hydrogens (tertiary/aromatic N) is 2. The van der Waals surface area contributed by atoms with Crippen molar-refractivity contribution < 1.29 is 4.79 Å². The Hall–Kier alpha value is -1.92. The van der Waals surface area contributed by atoms with Gasteiger partial charge in [0.15, 0.2) is 0 Å². The molecule has 0 saturated carbocycles. The summed E-state index contributed by atoms with van der Waals surface area (Å²) < 4.78 is 0. The standard InChI is InChI=1S/C20H21N3OS2/c1-13-6-8-14(9-7-13)10-21-17(24)11-25-19-18-15-4-2-3-5-16(15)26-20(18)23-12-22-19/h6-9,12H,2-5,10-11H2,1H3,(H,21,24). The van der Waals surface area contributed by atoms with Crippen LogP contribution in [0.25, 0.3) is 10.2 Å². The molecule has 0 saturated heterocycles. The minimum Gasteiger partial charge on any atom is -0.351 e. The predicted octanol–water partition coefficient (Wildman–Crippen LogP) is 4.29. The highest BCUT2D eigenvalue weighted by atomic mass is 32.2. The number of fused-ring (bicyclic) bond motifs is 3. The van der Waals surface area contributed by atoms with Gasteiger partial charge in [0.1, 0.15) is 16.2 Å². The number of benzene rings is 1. The number of carbonyl (C=O) groups excluding carboxylic acids is 1. The van der Waals surface area contributed by atoms with Crippen molar-refractivity contribution in [1.82, 2.24) is 15.3 Å². The number of aromatic nitrogens is 2. The largest absolute Gasteiger partial charge is 0.351 e. The number of nitrogens with one attached hydrogen (secondary N) is 1. The molecule has 0 spiro atoms. The maximum atomic E-state index is 12.2. The molecule has 0 fully saturated rings. The van der Waals surface area contributed by atoms with Crippen LogP contribution in [-0.2, 0) is 24.2 Å². The molecule has 4 rings (SSSR count). The molecule has 1 N–H and O–H groups in total. The van der Waals surface area contributed by atoms with Crippen LogP contribution in [0.1, 0.15) is 34.4 Å². The van der Waals surface area contributed by atoms with Crippen molar-refractivity contribution in [2.24, 2.45) is 0 Å². The third kappa shape index (κ3) is 3.76. The fourth-order valence-electron chi connectivity index (χ4n) is 3.26. The SMILES string of the molecule is Cc1ccc(CNC(=O)CSc2ncnc3sc4c(c23)CCCC4)cc1. The lowest BCUT2D eigenvalue weighted by atomic mass is 9.97. The van der Waals surface area contributed by atoms with Gasteiger partial charge in [-0.25, -0.2) is 9.97 Å². The van der Waals surface area contributed by atoms with Gasteiger partial charge in [-0.3, -0.25) is 4.79 Å². The second-order valence-electron chi connectivity index (χ2n) is 6.62. The zero-order valence-corrected chi connectivity index (χ0v) is 16.4. The summed E-state index contributed by atoms with van der Waals surface area (Å²) in [6, 6.07) is 8.23. The number of hydrogen-bond acceptors (Lipinski definition) is 5. The average Bonchev–Trinajstić information content (AvgIpc) is 3.05. The Morgan fingerprint density at radius 3 is 2.85 bits per heavy atom. The van der Waals surface area contributed by atoms with Crippen LogP contribution >= 0.6 is 23.1 Å². The molecule has 6 heteroatoms. The highest BCUT2D eigenvalue weighted by molar-refractivity contribution is 8.00. The van der Waals surface area contributed by atoms with Gasteiger partial charge < -0.3 is 5.32 Å². The summed E-state index contributed by atoms with van der Waals surface area (Å²) >= 11 is 3.31. The van der Waals surface area contributed by atoms with E-state index in [0.29, 0.717) is 12.3 Å². The van der Waals surface area contributed by atoms with Crippen molar-refractivity contribution in [3.05, 3.63) is 52.2 Å². The second-order valence-corrected chi connectivity index (χ2v) is 8.67. The van der Waals surface area contributed by atoms with E-state index in [1.165, 1.54) is 46.0 Å². The first-order chi connectivity index (χ1) is 12.7. The van der Waals surface area contributed by atoms with Gasteiger partial charge in [0.2, 0.25) is 5.91 Å². The third-order valence-corrected chi connectivity index (χ3v) is 6.86. The van der Waals surface area contributed by atoms with Crippen molar-refractivity contribution in [2.75, 3.05) is 5.75 Å². The Labute approximate surface area is 161 Å². The quantitative estimate of drug-likeness (QED) is 0.528. The van der Waals surface area contributed by atoms with Crippen LogP contribution in [0.5, 0.6) is 0 Å². The van der Waals surface area contributed by atoms with E-state index in [-0.39, 0.29) is 5.91 Å². The summed E-state index contributed by atoms with van der Waals surface area (Å²) in [5, 5.41) is 5.12. The van der Waals surface area contributed by atoms with Gasteiger partial charge in [-0.15, -0.1) is 11.3 Å². The van der Waals surface area contributed by atoms with E-state index in [2.05, 4.69) is 34.3 Å². The monoisotopic (exact) mass is 383 g/mol. The number of thiophene rings is 1. The van der Waals surface area contributed by atoms with E-state index in [1.54, 1.807) is 17.7 Å². The molecule has 0 aliphatic heterocycles. The minimum absolute atomic E-state index is 0.0337. The molecule has 4 nitrogen and oxygen atoms in total. The summed E-state index contributed by atoms with van der Waals surface area (Å²) in [6.07, 6.45) is 6.37. The molecule has 134 valence electrons. The van der Waals surface area contributed by atoms with Crippen LogP contribution < -0.4 is 5.32 Å². The summed E-state index contributed by atoms with van der Waals surface area (Å²) in [7, 11) is 0. The van der Waals surface area contributed by atoms with Crippen LogP contribution in [0.2, 0.25) is 0 Å². The second kappa shape index (κ2) is 7.76. The maximum absolute atomic E-state index is 12.2. The zero-order valence-electron chi connectivity index (χ0n) is 14.7. The zero-order chi connectivity index (χ0) is 17.9. The predicted molar refractivity (Wildman–Crippen MR) is 108 cm³/mol. The van der Waals surface area contributed by atoms with E-state index >= 15 is 0 Å². The molecule has 1 aliphatic rings. The molecule has 0 unspecified atom stereocenters. The molecule has 1 aromatic carbocycles. The van der Waals surface area contributed by atoms with Crippen LogP contribution in [0.4, 0.5) is 0 Å².